The number of unbranched alkanes of at least 4 members (excludes halogenated alkanes) is 1. The molecule has 2 aromatic carbocycles. The molecule has 0 spiro atoms. The number of phenols is 1. The molecule has 0 unspecified atom stereocenters. The first-order valence-electron chi connectivity index (χ1n) is 7.02. The van der Waals surface area contributed by atoms with Crippen LogP contribution in [0.1, 0.15) is 25.3 Å². The second kappa shape index (κ2) is 5.09. The number of hydrogen-bond donors (Lipinski definition) is 1. The Bertz CT molecular complexity index is 831. The van der Waals surface area contributed by atoms with E-state index in [9.17, 15) is 15.5 Å². The standard InChI is InChI=1S/C16H16N2O3/c1-2-3-4-11-5-7-13-15(9-11)17(20)14-8-6-12(19)10-16(14)18(13)21/h5-10,19H,2-4H2,1H3. The molecule has 3 rings (SSSR count). The molecule has 1 aromatic heterocycles. The molecule has 5 heteroatoms. The summed E-state index contributed by atoms with van der Waals surface area (Å²) < 4.78 is 1.45. The van der Waals surface area contributed by atoms with Crippen LogP contribution in [0.4, 0.5) is 0 Å². The third-order valence-electron chi connectivity index (χ3n) is 3.69. The summed E-state index contributed by atoms with van der Waals surface area (Å²) in [5.41, 5.74) is 2.13. The van der Waals surface area contributed by atoms with Crippen molar-refractivity contribution in [2.45, 2.75) is 26.2 Å². The Labute approximate surface area is 121 Å². The van der Waals surface area contributed by atoms with E-state index in [1.807, 2.05) is 6.07 Å². The molecule has 1 N–H and O–H groups in total. The van der Waals surface area contributed by atoms with Crippen molar-refractivity contribution in [1.29, 1.82) is 0 Å². The van der Waals surface area contributed by atoms with Gasteiger partial charge < -0.3 is 15.5 Å². The van der Waals surface area contributed by atoms with Gasteiger partial charge in [0.1, 0.15) is 5.75 Å². The zero-order chi connectivity index (χ0) is 15.0. The Hall–Kier alpha value is -2.56. The molecule has 0 amide bonds. The van der Waals surface area contributed by atoms with Crippen molar-refractivity contribution in [3.8, 4) is 5.75 Å². The van der Waals surface area contributed by atoms with Gasteiger partial charge >= 0.3 is 0 Å². The largest absolute Gasteiger partial charge is 0.617 e. The number of hydrogen-bond acceptors (Lipinski definition) is 3. The minimum atomic E-state index is -0.0361. The third-order valence-corrected chi connectivity index (χ3v) is 3.69. The number of phenolic OH excluding ortho intramolecular Hbond substituents is 1. The van der Waals surface area contributed by atoms with Crippen molar-refractivity contribution >= 4 is 22.1 Å². The van der Waals surface area contributed by atoms with Crippen LogP contribution in [0.2, 0.25) is 0 Å². The Morgan fingerprint density at radius 2 is 1.52 bits per heavy atom. The molecular formula is C16H16N2O3. The summed E-state index contributed by atoms with van der Waals surface area (Å²) in [6, 6.07) is 9.50. The van der Waals surface area contributed by atoms with Crippen LogP contribution in [0.15, 0.2) is 36.4 Å². The van der Waals surface area contributed by atoms with Gasteiger partial charge in [-0.2, -0.15) is 9.46 Å². The molecule has 0 bridgehead atoms. The lowest BCUT2D eigenvalue weighted by Gasteiger charge is -2.08. The van der Waals surface area contributed by atoms with Gasteiger partial charge in [-0.15, -0.1) is 0 Å². The highest BCUT2D eigenvalue weighted by Crippen LogP contribution is 2.18. The van der Waals surface area contributed by atoms with Gasteiger partial charge in [0.25, 0.3) is 22.1 Å². The molecule has 0 radical (unpaired) electrons. The first-order valence-corrected chi connectivity index (χ1v) is 7.02. The molecule has 0 aliphatic rings. The highest BCUT2D eigenvalue weighted by atomic mass is 16.5. The molecule has 108 valence electrons. The first-order chi connectivity index (χ1) is 10.1. The molecule has 0 aliphatic carbocycles. The van der Waals surface area contributed by atoms with Crippen molar-refractivity contribution in [1.82, 2.24) is 0 Å². The highest BCUT2D eigenvalue weighted by molar-refractivity contribution is 5.77. The molecule has 3 aromatic rings. The Kier molecular flexibility index (Phi) is 3.25. The van der Waals surface area contributed by atoms with Crippen molar-refractivity contribution in [2.24, 2.45) is 0 Å². The fraction of sp³-hybridized carbons (Fsp3) is 0.250. The second-order valence-corrected chi connectivity index (χ2v) is 5.19. The number of aromatic hydroxyl groups is 1. The number of rotatable bonds is 3. The van der Waals surface area contributed by atoms with E-state index in [1.165, 1.54) is 18.2 Å². The summed E-state index contributed by atoms with van der Waals surface area (Å²) in [6.45, 7) is 2.11. The van der Waals surface area contributed by atoms with E-state index in [0.717, 1.165) is 29.6 Å². The SMILES string of the molecule is CCCCc1ccc2c(c1)[n+]([O-])c1ccc(O)cc1[n+]2[O-]. The summed E-state index contributed by atoms with van der Waals surface area (Å²) in [5.74, 6) is -0.0361. The summed E-state index contributed by atoms with van der Waals surface area (Å²) in [5, 5.41) is 34.3. The van der Waals surface area contributed by atoms with Crippen LogP contribution in [-0.4, -0.2) is 5.11 Å². The van der Waals surface area contributed by atoms with E-state index in [-0.39, 0.29) is 16.8 Å². The predicted octanol–water partition coefficient (Wildman–Crippen LogP) is 2.31. The smallest absolute Gasteiger partial charge is 0.294 e. The highest BCUT2D eigenvalue weighted by Gasteiger charge is 2.21. The number of benzene rings is 2. The van der Waals surface area contributed by atoms with Gasteiger partial charge in [0.05, 0.1) is 6.07 Å². The van der Waals surface area contributed by atoms with Gasteiger partial charge in [-0.25, -0.2) is 0 Å². The molecular weight excluding hydrogens is 268 g/mol. The van der Waals surface area contributed by atoms with E-state index in [2.05, 4.69) is 6.92 Å². The van der Waals surface area contributed by atoms with Crippen molar-refractivity contribution < 1.29 is 14.6 Å². The van der Waals surface area contributed by atoms with Crippen LogP contribution in [0.5, 0.6) is 5.75 Å². The second-order valence-electron chi connectivity index (χ2n) is 5.19. The Balaban J connectivity index is 2.30. The summed E-state index contributed by atoms with van der Waals surface area (Å²) in [4.78, 5) is 0. The minimum absolute atomic E-state index is 0.0361. The lowest BCUT2D eigenvalue weighted by atomic mass is 10.1. The van der Waals surface area contributed by atoms with Gasteiger partial charge in [-0.1, -0.05) is 19.4 Å². The molecule has 0 atom stereocenters. The molecule has 5 nitrogen and oxygen atoms in total. The average Bonchev–Trinajstić information content (AvgIpc) is 2.50. The third kappa shape index (κ3) is 2.20. The van der Waals surface area contributed by atoms with Crippen LogP contribution in [0.25, 0.3) is 22.1 Å². The number of fused-ring (bicyclic) bond motifs is 2. The van der Waals surface area contributed by atoms with Crippen molar-refractivity contribution in [3.05, 3.63) is 52.4 Å². The first kappa shape index (κ1) is 13.4. The maximum absolute atomic E-state index is 12.5. The van der Waals surface area contributed by atoms with Crippen molar-refractivity contribution in [2.75, 3.05) is 0 Å². The molecule has 0 saturated heterocycles. The van der Waals surface area contributed by atoms with Crippen LogP contribution >= 0.6 is 0 Å². The van der Waals surface area contributed by atoms with E-state index in [0.29, 0.717) is 15.8 Å². The van der Waals surface area contributed by atoms with E-state index in [1.54, 1.807) is 12.1 Å². The summed E-state index contributed by atoms with van der Waals surface area (Å²) >= 11 is 0. The van der Waals surface area contributed by atoms with E-state index in [4.69, 9.17) is 0 Å². The molecule has 0 fully saturated rings. The summed E-state index contributed by atoms with van der Waals surface area (Å²) in [6.07, 6.45) is 3.01. The fourth-order valence-electron chi connectivity index (χ4n) is 2.55. The molecule has 1 heterocycles. The van der Waals surface area contributed by atoms with Crippen LogP contribution in [0, 0.1) is 10.4 Å². The minimum Gasteiger partial charge on any atom is -0.617 e. The Morgan fingerprint density at radius 1 is 0.905 bits per heavy atom. The monoisotopic (exact) mass is 284 g/mol. The van der Waals surface area contributed by atoms with Crippen LogP contribution < -0.4 is 9.46 Å². The molecule has 21 heavy (non-hydrogen) atoms. The van der Waals surface area contributed by atoms with Crippen LogP contribution in [-0.2, 0) is 6.42 Å². The van der Waals surface area contributed by atoms with Gasteiger partial charge in [0, 0.05) is 18.2 Å². The molecule has 0 aliphatic heterocycles. The Morgan fingerprint density at radius 3 is 2.19 bits per heavy atom. The number of aryl methyl sites for hydroxylation is 1. The zero-order valence-corrected chi connectivity index (χ0v) is 11.7. The van der Waals surface area contributed by atoms with E-state index < -0.39 is 0 Å². The fourth-order valence-corrected chi connectivity index (χ4v) is 2.55. The maximum Gasteiger partial charge on any atom is 0.294 e. The zero-order valence-electron chi connectivity index (χ0n) is 11.7. The number of aromatic nitrogens is 2. The van der Waals surface area contributed by atoms with E-state index >= 15 is 0 Å². The topological polar surface area (TPSA) is 74.1 Å². The lowest BCUT2D eigenvalue weighted by Crippen LogP contribution is -2.39. The quantitative estimate of drug-likeness (QED) is 0.455. The average molecular weight is 284 g/mol. The van der Waals surface area contributed by atoms with Gasteiger partial charge in [0.2, 0.25) is 0 Å². The lowest BCUT2D eigenvalue weighted by molar-refractivity contribution is -0.591. The number of nitrogens with zero attached hydrogens (tertiary/aromatic N) is 2. The summed E-state index contributed by atoms with van der Waals surface area (Å²) in [7, 11) is 0. The van der Waals surface area contributed by atoms with Crippen LogP contribution in [0.3, 0.4) is 0 Å². The molecule has 0 saturated carbocycles. The maximum atomic E-state index is 12.5. The van der Waals surface area contributed by atoms with Gasteiger partial charge in [-0.3, -0.25) is 0 Å². The predicted molar refractivity (Wildman–Crippen MR) is 79.7 cm³/mol. The van der Waals surface area contributed by atoms with Gasteiger partial charge in [0.15, 0.2) is 0 Å². The van der Waals surface area contributed by atoms with Crippen molar-refractivity contribution in [3.63, 3.8) is 0 Å². The normalized spacial score (nSPS) is 11.3. The van der Waals surface area contributed by atoms with Gasteiger partial charge in [-0.05, 0) is 24.5 Å².